The van der Waals surface area contributed by atoms with Gasteiger partial charge in [-0.1, -0.05) is 0 Å². The molecular weight excluding hydrogens is 397 g/mol. The van der Waals surface area contributed by atoms with Gasteiger partial charge in [0.25, 0.3) is 6.01 Å². The van der Waals surface area contributed by atoms with E-state index in [0.29, 0.717) is 18.1 Å². The number of carbonyl (C=O) groups is 1. The molecule has 2 aromatic heterocycles. The summed E-state index contributed by atoms with van der Waals surface area (Å²) in [5.74, 6) is -1.93. The highest BCUT2D eigenvalue weighted by Gasteiger charge is 2.41. The molecule has 1 aromatic carbocycles. The zero-order chi connectivity index (χ0) is 19.6. The van der Waals surface area contributed by atoms with Gasteiger partial charge in [-0.2, -0.15) is 18.2 Å². The average Bonchev–Trinajstić information content (AvgIpc) is 3.28. The molecule has 2 bridgehead atoms. The van der Waals surface area contributed by atoms with Crippen LogP contribution in [-0.4, -0.2) is 41.1 Å². The van der Waals surface area contributed by atoms with Crippen molar-refractivity contribution in [2.24, 2.45) is 0 Å². The highest BCUT2D eigenvalue weighted by atomic mass is 32.1. The molecule has 146 valence electrons. The van der Waals surface area contributed by atoms with Crippen LogP contribution >= 0.6 is 11.3 Å². The fourth-order valence-corrected chi connectivity index (χ4v) is 4.49. The molecule has 2 atom stereocenters. The van der Waals surface area contributed by atoms with Crippen molar-refractivity contribution in [1.82, 2.24) is 15.3 Å². The summed E-state index contributed by atoms with van der Waals surface area (Å²) in [6.07, 6.45) is -2.46. The van der Waals surface area contributed by atoms with E-state index in [2.05, 4.69) is 15.3 Å². The number of nitrogens with one attached hydrogen (secondary N) is 1. The third kappa shape index (κ3) is 2.65. The van der Waals surface area contributed by atoms with Crippen molar-refractivity contribution in [1.29, 1.82) is 0 Å². The van der Waals surface area contributed by atoms with E-state index < -0.39 is 28.8 Å². The molecule has 3 aliphatic heterocycles. The van der Waals surface area contributed by atoms with Crippen LogP contribution in [0.2, 0.25) is 0 Å². The normalized spacial score (nSPS) is 21.8. The molecule has 0 radical (unpaired) electrons. The first-order valence-corrected chi connectivity index (χ1v) is 9.36. The summed E-state index contributed by atoms with van der Waals surface area (Å²) < 4.78 is 46.9. The Labute approximate surface area is 159 Å². The molecule has 3 aromatic rings. The average molecular weight is 409 g/mol. The SMILES string of the molecule is O=C([O-])c1cc(-c2nccs2)c2oc(N3CC4CC(C3)N4)nc2c1C(F)(F)F. The predicted octanol–water partition coefficient (Wildman–Crippen LogP) is 1.88. The van der Waals surface area contributed by atoms with Crippen LogP contribution in [0.15, 0.2) is 22.1 Å². The number of carbonyl (C=O) groups excluding carboxylic acids is 1. The first kappa shape index (κ1) is 17.4. The summed E-state index contributed by atoms with van der Waals surface area (Å²) in [6, 6.07) is 1.44. The number of aromatic carboxylic acids is 1. The Hall–Kier alpha value is -2.66. The number of piperazine rings is 1. The van der Waals surface area contributed by atoms with Crippen LogP contribution in [0.5, 0.6) is 0 Å². The Kier molecular flexibility index (Phi) is 3.68. The fraction of sp³-hybridized carbons (Fsp3) is 0.353. The van der Waals surface area contributed by atoms with Gasteiger partial charge >= 0.3 is 6.18 Å². The number of thiazole rings is 1. The Morgan fingerprint density at radius 1 is 1.36 bits per heavy atom. The van der Waals surface area contributed by atoms with Crippen LogP contribution < -0.4 is 15.3 Å². The number of rotatable bonds is 3. The Bertz CT molecular complexity index is 1060. The maximum atomic E-state index is 13.7. The minimum absolute atomic E-state index is 0.0463. The summed E-state index contributed by atoms with van der Waals surface area (Å²) in [5, 5.41) is 16.8. The Balaban J connectivity index is 1.76. The van der Waals surface area contributed by atoms with Gasteiger partial charge in [0.15, 0.2) is 5.58 Å². The number of piperidine rings is 1. The van der Waals surface area contributed by atoms with Crippen molar-refractivity contribution < 1.29 is 27.5 Å². The molecule has 0 spiro atoms. The van der Waals surface area contributed by atoms with Crippen molar-refractivity contribution in [3.05, 3.63) is 28.8 Å². The quantitative estimate of drug-likeness (QED) is 0.706. The third-order valence-corrected chi connectivity index (χ3v) is 5.82. The molecule has 3 aliphatic rings. The number of hydrogen-bond donors (Lipinski definition) is 1. The Morgan fingerprint density at radius 3 is 2.64 bits per heavy atom. The number of oxazole rings is 1. The number of nitrogens with zero attached hydrogens (tertiary/aromatic N) is 3. The fourth-order valence-electron chi connectivity index (χ4n) is 3.84. The first-order valence-electron chi connectivity index (χ1n) is 8.48. The largest absolute Gasteiger partial charge is 0.545 e. The lowest BCUT2D eigenvalue weighted by atomic mass is 9.92. The summed E-state index contributed by atoms with van der Waals surface area (Å²) in [4.78, 5) is 21.4. The van der Waals surface area contributed by atoms with Crippen LogP contribution in [0.3, 0.4) is 0 Å². The van der Waals surface area contributed by atoms with Gasteiger partial charge in [0.1, 0.15) is 10.5 Å². The van der Waals surface area contributed by atoms with Gasteiger partial charge in [0.2, 0.25) is 0 Å². The topological polar surface area (TPSA) is 94.3 Å². The van der Waals surface area contributed by atoms with Crippen molar-refractivity contribution >= 4 is 34.4 Å². The number of benzene rings is 1. The van der Waals surface area contributed by atoms with E-state index in [4.69, 9.17) is 4.42 Å². The second-order valence-electron chi connectivity index (χ2n) is 6.84. The zero-order valence-corrected chi connectivity index (χ0v) is 14.9. The van der Waals surface area contributed by atoms with Gasteiger partial charge in [0.05, 0.1) is 17.1 Å². The minimum atomic E-state index is -4.94. The van der Waals surface area contributed by atoms with Crippen LogP contribution in [0.4, 0.5) is 19.2 Å². The molecule has 1 N–H and O–H groups in total. The second-order valence-corrected chi connectivity index (χ2v) is 7.74. The predicted molar refractivity (Wildman–Crippen MR) is 92.0 cm³/mol. The maximum Gasteiger partial charge on any atom is 0.419 e. The van der Waals surface area contributed by atoms with Crippen molar-refractivity contribution in [2.45, 2.75) is 24.7 Å². The number of fused-ring (bicyclic) bond motifs is 3. The number of carboxylic acid groups (broad SMARTS) is 1. The number of aromatic nitrogens is 2. The van der Waals surface area contributed by atoms with Crippen LogP contribution in [0, 0.1) is 0 Å². The minimum Gasteiger partial charge on any atom is -0.545 e. The molecule has 0 aliphatic carbocycles. The number of alkyl halides is 3. The molecule has 7 nitrogen and oxygen atoms in total. The van der Waals surface area contributed by atoms with Gasteiger partial charge in [0, 0.05) is 42.3 Å². The molecule has 11 heteroatoms. The number of hydrogen-bond acceptors (Lipinski definition) is 8. The molecule has 0 amide bonds. The summed E-state index contributed by atoms with van der Waals surface area (Å²) in [7, 11) is 0. The molecule has 5 heterocycles. The van der Waals surface area contributed by atoms with Crippen molar-refractivity contribution in [3.8, 4) is 10.6 Å². The van der Waals surface area contributed by atoms with E-state index >= 15 is 0 Å². The van der Waals surface area contributed by atoms with E-state index in [1.54, 1.807) is 10.3 Å². The highest BCUT2D eigenvalue weighted by Crippen LogP contribution is 2.43. The van der Waals surface area contributed by atoms with E-state index in [0.717, 1.165) is 23.8 Å². The van der Waals surface area contributed by atoms with Gasteiger partial charge in [-0.05, 0) is 12.5 Å². The van der Waals surface area contributed by atoms with E-state index in [9.17, 15) is 23.1 Å². The molecule has 0 saturated carbocycles. The number of carboxylic acids is 1. The van der Waals surface area contributed by atoms with Crippen molar-refractivity contribution in [3.63, 3.8) is 0 Å². The standard InChI is InChI=1S/C17H13F3N4O3S/c18-17(19,20)11-9(15(25)26)4-10(14-21-1-2-28-14)13-12(11)23-16(27-13)24-5-7-3-8(6-24)22-7/h1-2,4,7-8,22H,3,5-6H2,(H,25,26)/p-1. The van der Waals surface area contributed by atoms with E-state index in [1.807, 2.05) is 0 Å². The zero-order valence-electron chi connectivity index (χ0n) is 14.1. The maximum absolute atomic E-state index is 13.7. The highest BCUT2D eigenvalue weighted by molar-refractivity contribution is 7.13. The first-order chi connectivity index (χ1) is 13.3. The van der Waals surface area contributed by atoms with E-state index in [1.165, 1.54) is 6.20 Å². The molecule has 28 heavy (non-hydrogen) atoms. The molecular formula is C17H12F3N4O3S-. The molecule has 2 unspecified atom stereocenters. The third-order valence-electron chi connectivity index (χ3n) is 5.01. The van der Waals surface area contributed by atoms with Gasteiger partial charge < -0.3 is 24.5 Å². The van der Waals surface area contributed by atoms with Crippen LogP contribution in [0.25, 0.3) is 21.7 Å². The summed E-state index contributed by atoms with van der Waals surface area (Å²) in [6.45, 7) is 1.12. The summed E-state index contributed by atoms with van der Waals surface area (Å²) in [5.41, 5.74) is -2.86. The second kappa shape index (κ2) is 5.92. The number of halogens is 3. The Morgan fingerprint density at radius 2 is 2.07 bits per heavy atom. The number of anilines is 1. The van der Waals surface area contributed by atoms with Gasteiger partial charge in [-0.25, -0.2) is 4.98 Å². The van der Waals surface area contributed by atoms with E-state index in [-0.39, 0.29) is 29.2 Å². The summed E-state index contributed by atoms with van der Waals surface area (Å²) >= 11 is 1.16. The lowest BCUT2D eigenvalue weighted by Gasteiger charge is -2.47. The molecule has 6 rings (SSSR count). The van der Waals surface area contributed by atoms with Crippen LogP contribution in [0.1, 0.15) is 22.3 Å². The lowest BCUT2D eigenvalue weighted by molar-refractivity contribution is -0.255. The smallest absolute Gasteiger partial charge is 0.419 e. The monoisotopic (exact) mass is 409 g/mol. The van der Waals surface area contributed by atoms with Gasteiger partial charge in [-0.15, -0.1) is 11.3 Å². The lowest BCUT2D eigenvalue weighted by Crippen LogP contribution is -2.67. The van der Waals surface area contributed by atoms with Crippen LogP contribution in [-0.2, 0) is 6.18 Å². The van der Waals surface area contributed by atoms with Gasteiger partial charge in [-0.3, -0.25) is 0 Å². The van der Waals surface area contributed by atoms with Crippen molar-refractivity contribution in [2.75, 3.05) is 18.0 Å². The molecule has 3 fully saturated rings. The molecule has 3 saturated heterocycles.